The highest BCUT2D eigenvalue weighted by Gasteiger charge is 2.52. The Morgan fingerprint density at radius 1 is 1.21 bits per heavy atom. The van der Waals surface area contributed by atoms with Crippen molar-refractivity contribution in [2.75, 3.05) is 25.0 Å². The number of aryl methyl sites for hydroxylation is 1. The zero-order valence-corrected chi connectivity index (χ0v) is 19.4. The second-order valence-electron chi connectivity index (χ2n) is 9.64. The SMILES string of the molecule is CCC1CCC2(CC1)NC(=O)N(CC(=O)N1CCCC(C(=O)Nc3ccc(C)cn3)C1)C2=O. The third-order valence-electron chi connectivity index (χ3n) is 7.38. The number of carbonyl (C=O) groups excluding carboxylic acids is 4. The van der Waals surface area contributed by atoms with Crippen molar-refractivity contribution in [3.63, 3.8) is 0 Å². The van der Waals surface area contributed by atoms with E-state index in [-0.39, 0.29) is 36.7 Å². The first-order chi connectivity index (χ1) is 15.8. The van der Waals surface area contributed by atoms with E-state index in [0.717, 1.165) is 29.7 Å². The van der Waals surface area contributed by atoms with Gasteiger partial charge in [0.2, 0.25) is 11.8 Å². The molecular formula is C24H33N5O4. The molecule has 1 aromatic heterocycles. The van der Waals surface area contributed by atoms with Crippen molar-refractivity contribution in [2.24, 2.45) is 11.8 Å². The molecule has 4 rings (SSSR count). The van der Waals surface area contributed by atoms with E-state index in [1.165, 1.54) is 0 Å². The largest absolute Gasteiger partial charge is 0.340 e. The summed E-state index contributed by atoms with van der Waals surface area (Å²) in [7, 11) is 0. The maximum absolute atomic E-state index is 13.1. The lowest BCUT2D eigenvalue weighted by Crippen LogP contribution is -2.51. The average molecular weight is 456 g/mol. The van der Waals surface area contributed by atoms with Crippen molar-refractivity contribution in [2.45, 2.75) is 64.3 Å². The number of imide groups is 1. The summed E-state index contributed by atoms with van der Waals surface area (Å²) in [6.45, 7) is 4.57. The molecule has 3 heterocycles. The molecule has 33 heavy (non-hydrogen) atoms. The van der Waals surface area contributed by atoms with Crippen LogP contribution >= 0.6 is 0 Å². The van der Waals surface area contributed by atoms with Gasteiger partial charge in [0.1, 0.15) is 17.9 Å². The number of hydrogen-bond donors (Lipinski definition) is 2. The van der Waals surface area contributed by atoms with Gasteiger partial charge in [-0.05, 0) is 63.0 Å². The Kier molecular flexibility index (Phi) is 6.67. The molecule has 1 saturated carbocycles. The molecule has 2 aliphatic heterocycles. The molecule has 3 fully saturated rings. The van der Waals surface area contributed by atoms with E-state index < -0.39 is 11.6 Å². The summed E-state index contributed by atoms with van der Waals surface area (Å²) in [6.07, 6.45) is 7.18. The Bertz CT molecular complexity index is 923. The fourth-order valence-corrected chi connectivity index (χ4v) is 5.16. The van der Waals surface area contributed by atoms with Crippen LogP contribution in [0.25, 0.3) is 0 Å². The second kappa shape index (κ2) is 9.49. The predicted molar refractivity (Wildman–Crippen MR) is 122 cm³/mol. The maximum atomic E-state index is 13.1. The van der Waals surface area contributed by atoms with E-state index >= 15 is 0 Å². The van der Waals surface area contributed by atoms with Crippen LogP contribution < -0.4 is 10.6 Å². The van der Waals surface area contributed by atoms with E-state index in [1.807, 2.05) is 13.0 Å². The molecule has 1 aliphatic carbocycles. The van der Waals surface area contributed by atoms with Crippen molar-refractivity contribution in [3.8, 4) is 0 Å². The van der Waals surface area contributed by atoms with Crippen molar-refractivity contribution < 1.29 is 19.2 Å². The van der Waals surface area contributed by atoms with E-state index in [9.17, 15) is 19.2 Å². The Morgan fingerprint density at radius 3 is 2.64 bits per heavy atom. The molecule has 1 atom stereocenters. The highest BCUT2D eigenvalue weighted by Crippen LogP contribution is 2.37. The van der Waals surface area contributed by atoms with Crippen molar-refractivity contribution in [1.29, 1.82) is 0 Å². The standard InChI is InChI=1S/C24H33N5O4/c1-3-17-8-10-24(11-9-17)22(32)29(23(33)27-24)15-20(30)28-12-4-5-18(14-28)21(31)26-19-7-6-16(2)13-25-19/h6-7,13,17-18H,3-5,8-12,14-15H2,1-2H3,(H,27,33)(H,25,26,31). The number of nitrogens with zero attached hydrogens (tertiary/aromatic N) is 3. The molecule has 0 aromatic carbocycles. The van der Waals surface area contributed by atoms with Crippen LogP contribution in [-0.4, -0.2) is 63.7 Å². The van der Waals surface area contributed by atoms with Gasteiger partial charge in [0.15, 0.2) is 0 Å². The van der Waals surface area contributed by atoms with E-state index in [0.29, 0.717) is 44.0 Å². The number of piperidine rings is 1. The molecule has 2 saturated heterocycles. The molecule has 2 N–H and O–H groups in total. The normalized spacial score (nSPS) is 27.6. The number of carbonyl (C=O) groups is 4. The molecule has 178 valence electrons. The van der Waals surface area contributed by atoms with Crippen molar-refractivity contribution in [1.82, 2.24) is 20.1 Å². The third-order valence-corrected chi connectivity index (χ3v) is 7.38. The first-order valence-corrected chi connectivity index (χ1v) is 12.0. The zero-order valence-electron chi connectivity index (χ0n) is 19.4. The smallest absolute Gasteiger partial charge is 0.325 e. The van der Waals surface area contributed by atoms with E-state index in [2.05, 4.69) is 22.5 Å². The molecule has 1 unspecified atom stereocenters. The number of pyridine rings is 1. The zero-order chi connectivity index (χ0) is 23.6. The molecule has 3 aliphatic rings. The first-order valence-electron chi connectivity index (χ1n) is 12.0. The van der Waals surface area contributed by atoms with Gasteiger partial charge < -0.3 is 15.5 Å². The fraction of sp³-hybridized carbons (Fsp3) is 0.625. The number of anilines is 1. The first kappa shape index (κ1) is 23.2. The monoisotopic (exact) mass is 455 g/mol. The number of aromatic nitrogens is 1. The second-order valence-corrected chi connectivity index (χ2v) is 9.64. The summed E-state index contributed by atoms with van der Waals surface area (Å²) in [4.78, 5) is 58.2. The number of hydrogen-bond acceptors (Lipinski definition) is 5. The van der Waals surface area contributed by atoms with Gasteiger partial charge in [-0.15, -0.1) is 0 Å². The molecular weight excluding hydrogens is 422 g/mol. The number of rotatable bonds is 5. The maximum Gasteiger partial charge on any atom is 0.325 e. The minimum Gasteiger partial charge on any atom is -0.340 e. The van der Waals surface area contributed by atoms with Crippen molar-refractivity contribution in [3.05, 3.63) is 23.9 Å². The number of nitrogens with one attached hydrogen (secondary N) is 2. The van der Waals surface area contributed by atoms with Gasteiger partial charge in [0.05, 0.1) is 5.92 Å². The summed E-state index contributed by atoms with van der Waals surface area (Å²) < 4.78 is 0. The molecule has 0 bridgehead atoms. The summed E-state index contributed by atoms with van der Waals surface area (Å²) in [6, 6.07) is 3.14. The van der Waals surface area contributed by atoms with Gasteiger partial charge in [-0.2, -0.15) is 0 Å². The van der Waals surface area contributed by atoms with Gasteiger partial charge in [-0.3, -0.25) is 19.3 Å². The number of likely N-dealkylation sites (tertiary alicyclic amines) is 1. The number of urea groups is 1. The van der Waals surface area contributed by atoms with E-state index in [4.69, 9.17) is 0 Å². The Balaban J connectivity index is 1.34. The summed E-state index contributed by atoms with van der Waals surface area (Å²) in [5, 5.41) is 5.69. The van der Waals surface area contributed by atoms with Gasteiger partial charge in [0.25, 0.3) is 5.91 Å². The van der Waals surface area contributed by atoms with Crippen LogP contribution in [0.2, 0.25) is 0 Å². The van der Waals surface area contributed by atoms with Gasteiger partial charge in [-0.25, -0.2) is 9.78 Å². The van der Waals surface area contributed by atoms with Crippen LogP contribution in [-0.2, 0) is 14.4 Å². The molecule has 0 radical (unpaired) electrons. The Labute approximate surface area is 194 Å². The summed E-state index contributed by atoms with van der Waals surface area (Å²) in [5.74, 6) is -0.0509. The Morgan fingerprint density at radius 2 is 1.97 bits per heavy atom. The average Bonchev–Trinajstić information content (AvgIpc) is 3.05. The summed E-state index contributed by atoms with van der Waals surface area (Å²) >= 11 is 0. The predicted octanol–water partition coefficient (Wildman–Crippen LogP) is 2.46. The van der Waals surface area contributed by atoms with Crippen LogP contribution in [0.15, 0.2) is 18.3 Å². The van der Waals surface area contributed by atoms with E-state index in [1.54, 1.807) is 17.2 Å². The Hall–Kier alpha value is -2.97. The molecule has 9 nitrogen and oxygen atoms in total. The van der Waals surface area contributed by atoms with Gasteiger partial charge >= 0.3 is 6.03 Å². The quantitative estimate of drug-likeness (QED) is 0.663. The number of amides is 5. The summed E-state index contributed by atoms with van der Waals surface area (Å²) in [5.41, 5.74) is 0.150. The third kappa shape index (κ3) is 4.86. The fourth-order valence-electron chi connectivity index (χ4n) is 5.16. The lowest BCUT2D eigenvalue weighted by Gasteiger charge is -2.35. The lowest BCUT2D eigenvalue weighted by molar-refractivity contribution is -0.141. The molecule has 1 aromatic rings. The lowest BCUT2D eigenvalue weighted by atomic mass is 9.75. The highest BCUT2D eigenvalue weighted by atomic mass is 16.2. The van der Waals surface area contributed by atoms with Crippen LogP contribution in [0, 0.1) is 18.8 Å². The van der Waals surface area contributed by atoms with Crippen LogP contribution in [0.5, 0.6) is 0 Å². The minimum atomic E-state index is -0.853. The van der Waals surface area contributed by atoms with Gasteiger partial charge in [0, 0.05) is 19.3 Å². The highest BCUT2D eigenvalue weighted by molar-refractivity contribution is 6.09. The molecule has 5 amide bonds. The molecule has 1 spiro atoms. The van der Waals surface area contributed by atoms with Gasteiger partial charge in [-0.1, -0.05) is 19.4 Å². The van der Waals surface area contributed by atoms with Crippen LogP contribution in [0.4, 0.5) is 10.6 Å². The van der Waals surface area contributed by atoms with Crippen LogP contribution in [0.3, 0.4) is 0 Å². The minimum absolute atomic E-state index is 0.175. The van der Waals surface area contributed by atoms with Crippen molar-refractivity contribution >= 4 is 29.6 Å². The molecule has 9 heteroatoms. The topological polar surface area (TPSA) is 112 Å². The van der Waals surface area contributed by atoms with Crippen LogP contribution in [0.1, 0.15) is 57.4 Å².